The van der Waals surface area contributed by atoms with E-state index in [1.807, 2.05) is 0 Å². The lowest BCUT2D eigenvalue weighted by Crippen LogP contribution is -2.05. The highest BCUT2D eigenvalue weighted by atomic mass is 35.5. The third-order valence-electron chi connectivity index (χ3n) is 3.27. The third-order valence-corrected chi connectivity index (χ3v) is 5.11. The van der Waals surface area contributed by atoms with Crippen molar-refractivity contribution in [3.05, 3.63) is 51.4 Å². The van der Waals surface area contributed by atoms with E-state index in [-0.39, 0.29) is 17.2 Å². The van der Waals surface area contributed by atoms with E-state index < -0.39 is 10.7 Å². The predicted octanol–water partition coefficient (Wildman–Crippen LogP) is 5.07. The summed E-state index contributed by atoms with van der Waals surface area (Å²) in [5, 5.41) is 11.0. The molecule has 2 rings (SSSR count). The molecule has 1 atom stereocenters. The zero-order valence-corrected chi connectivity index (χ0v) is 14.8. The Labute approximate surface area is 146 Å². The summed E-state index contributed by atoms with van der Waals surface area (Å²) in [7, 11) is 0.456. The van der Waals surface area contributed by atoms with Crippen LogP contribution in [0.5, 0.6) is 11.5 Å². The zero-order valence-electron chi connectivity index (χ0n) is 13.1. The highest BCUT2D eigenvalue weighted by Crippen LogP contribution is 2.32. The van der Waals surface area contributed by atoms with Crippen LogP contribution in [0.3, 0.4) is 0 Å². The van der Waals surface area contributed by atoms with Gasteiger partial charge in [-0.3, -0.25) is 15.1 Å². The number of ether oxygens (including phenoxy) is 1. The van der Waals surface area contributed by atoms with Crippen LogP contribution in [0, 0.1) is 15.9 Å². The van der Waals surface area contributed by atoms with Gasteiger partial charge in [-0.25, -0.2) is 4.39 Å². The molecule has 0 bridgehead atoms. The number of pyridine rings is 1. The van der Waals surface area contributed by atoms with Crippen LogP contribution in [0.2, 0.25) is 5.02 Å². The maximum atomic E-state index is 13.9. The number of rotatable bonds is 8. The Morgan fingerprint density at radius 1 is 1.33 bits per heavy atom. The lowest BCUT2D eigenvalue weighted by Gasteiger charge is -2.11. The third kappa shape index (κ3) is 4.86. The van der Waals surface area contributed by atoms with Crippen molar-refractivity contribution < 1.29 is 14.1 Å². The van der Waals surface area contributed by atoms with Crippen molar-refractivity contribution in [3.63, 3.8) is 0 Å². The van der Waals surface area contributed by atoms with E-state index in [2.05, 4.69) is 11.9 Å². The molecule has 0 N–H and O–H groups in total. The summed E-state index contributed by atoms with van der Waals surface area (Å²) in [6.45, 7) is 2.14. The SMILES string of the molecule is CCCCCPc1nccc(Oc2ccc([N+](=O)[O-])cc2F)c1Cl. The Morgan fingerprint density at radius 3 is 2.79 bits per heavy atom. The fraction of sp³-hybridized carbons (Fsp3) is 0.312. The number of hydrogen-bond acceptors (Lipinski definition) is 4. The van der Waals surface area contributed by atoms with Gasteiger partial charge in [-0.05, 0) is 18.6 Å². The Kier molecular flexibility index (Phi) is 6.88. The number of unbranched alkanes of at least 4 members (excludes halogenated alkanes) is 2. The molecular weight excluding hydrogens is 354 g/mol. The first-order valence-electron chi connectivity index (χ1n) is 7.53. The first-order chi connectivity index (χ1) is 11.5. The second kappa shape index (κ2) is 8.90. The highest BCUT2D eigenvalue weighted by Gasteiger charge is 2.15. The molecule has 1 unspecified atom stereocenters. The molecule has 0 fully saturated rings. The summed E-state index contributed by atoms with van der Waals surface area (Å²) < 4.78 is 19.4. The van der Waals surface area contributed by atoms with Crippen molar-refractivity contribution in [2.45, 2.75) is 26.2 Å². The fourth-order valence-electron chi connectivity index (χ4n) is 2.01. The van der Waals surface area contributed by atoms with E-state index in [4.69, 9.17) is 16.3 Å². The highest BCUT2D eigenvalue weighted by molar-refractivity contribution is 7.47. The van der Waals surface area contributed by atoms with E-state index in [1.54, 1.807) is 12.3 Å². The van der Waals surface area contributed by atoms with Gasteiger partial charge in [0.05, 0.1) is 16.4 Å². The van der Waals surface area contributed by atoms with E-state index in [0.29, 0.717) is 13.6 Å². The van der Waals surface area contributed by atoms with Gasteiger partial charge in [0.2, 0.25) is 0 Å². The molecule has 0 saturated carbocycles. The maximum Gasteiger partial charge on any atom is 0.272 e. The van der Waals surface area contributed by atoms with Crippen LogP contribution in [0.25, 0.3) is 0 Å². The van der Waals surface area contributed by atoms with Gasteiger partial charge >= 0.3 is 0 Å². The minimum absolute atomic E-state index is 0.117. The summed E-state index contributed by atoms with van der Waals surface area (Å²) in [6.07, 6.45) is 5.97. The summed E-state index contributed by atoms with van der Waals surface area (Å²) in [4.78, 5) is 14.2. The summed E-state index contributed by atoms with van der Waals surface area (Å²) in [6, 6.07) is 4.76. The largest absolute Gasteiger partial charge is 0.453 e. The van der Waals surface area contributed by atoms with E-state index in [1.165, 1.54) is 12.1 Å². The van der Waals surface area contributed by atoms with Crippen molar-refractivity contribution in [2.75, 3.05) is 6.16 Å². The summed E-state index contributed by atoms with van der Waals surface area (Å²) >= 11 is 6.29. The standard InChI is InChI=1S/C16H17ClFN2O3P/c1-2-3-4-9-24-16-15(17)14(7-8-19-16)23-13-6-5-11(20(21)22)10-12(13)18/h5-8,10,24H,2-4,9H2,1H3. The van der Waals surface area contributed by atoms with Gasteiger partial charge in [-0.1, -0.05) is 39.9 Å². The number of benzene rings is 1. The van der Waals surface area contributed by atoms with Crippen molar-refractivity contribution in [1.29, 1.82) is 0 Å². The lowest BCUT2D eigenvalue weighted by atomic mass is 10.3. The molecule has 0 amide bonds. The summed E-state index contributed by atoms with van der Waals surface area (Å²) in [5.74, 6) is -0.643. The van der Waals surface area contributed by atoms with Gasteiger partial charge in [0.15, 0.2) is 11.6 Å². The number of halogens is 2. The first kappa shape index (κ1) is 18.6. The Morgan fingerprint density at radius 2 is 2.12 bits per heavy atom. The first-order valence-corrected chi connectivity index (χ1v) is 9.11. The van der Waals surface area contributed by atoms with Gasteiger partial charge < -0.3 is 4.74 Å². The molecule has 0 radical (unpaired) electrons. The van der Waals surface area contributed by atoms with Crippen LogP contribution in [-0.4, -0.2) is 16.1 Å². The number of nitrogens with zero attached hydrogens (tertiary/aromatic N) is 2. The van der Waals surface area contributed by atoms with Gasteiger partial charge in [0.25, 0.3) is 5.69 Å². The average Bonchev–Trinajstić information content (AvgIpc) is 2.56. The van der Waals surface area contributed by atoms with Crippen LogP contribution in [0.1, 0.15) is 26.2 Å². The smallest absolute Gasteiger partial charge is 0.272 e. The van der Waals surface area contributed by atoms with Gasteiger partial charge in [-0.15, -0.1) is 0 Å². The topological polar surface area (TPSA) is 65.3 Å². The van der Waals surface area contributed by atoms with Crippen LogP contribution in [-0.2, 0) is 0 Å². The van der Waals surface area contributed by atoms with Gasteiger partial charge in [0.1, 0.15) is 10.8 Å². The number of non-ortho nitro benzene ring substituents is 1. The second-order valence-electron chi connectivity index (χ2n) is 5.08. The summed E-state index contributed by atoms with van der Waals surface area (Å²) in [5.41, 5.74) is 0.395. The van der Waals surface area contributed by atoms with Crippen molar-refractivity contribution in [1.82, 2.24) is 4.98 Å². The second-order valence-corrected chi connectivity index (χ2v) is 6.78. The van der Waals surface area contributed by atoms with E-state index in [0.717, 1.165) is 36.9 Å². The Balaban J connectivity index is 2.14. The van der Waals surface area contributed by atoms with Crippen LogP contribution in [0.4, 0.5) is 10.1 Å². The predicted molar refractivity (Wildman–Crippen MR) is 94.7 cm³/mol. The monoisotopic (exact) mass is 370 g/mol. The van der Waals surface area contributed by atoms with Crippen molar-refractivity contribution >= 4 is 31.3 Å². The Bertz CT molecular complexity index is 730. The molecule has 1 aromatic heterocycles. The number of hydrogen-bond donors (Lipinski definition) is 0. The number of nitro groups is 1. The van der Waals surface area contributed by atoms with Crippen LogP contribution >= 0.6 is 20.2 Å². The Hall–Kier alpha value is -1.78. The molecule has 0 spiro atoms. The molecule has 0 aliphatic rings. The van der Waals surface area contributed by atoms with Crippen molar-refractivity contribution in [3.8, 4) is 11.5 Å². The average molecular weight is 371 g/mol. The van der Waals surface area contributed by atoms with Gasteiger partial charge in [-0.2, -0.15) is 0 Å². The molecule has 8 heteroatoms. The molecule has 0 aliphatic heterocycles. The minimum Gasteiger partial charge on any atom is -0.453 e. The molecular formula is C16H17ClFN2O3P. The normalized spacial score (nSPS) is 11.1. The van der Waals surface area contributed by atoms with E-state index >= 15 is 0 Å². The lowest BCUT2D eigenvalue weighted by molar-refractivity contribution is -0.385. The molecule has 128 valence electrons. The van der Waals surface area contributed by atoms with Gasteiger partial charge in [0, 0.05) is 18.3 Å². The van der Waals surface area contributed by atoms with Crippen LogP contribution in [0.15, 0.2) is 30.5 Å². The molecule has 2 aromatic rings. The molecule has 1 heterocycles. The molecule has 0 saturated heterocycles. The molecule has 24 heavy (non-hydrogen) atoms. The number of aromatic nitrogens is 1. The minimum atomic E-state index is -0.816. The van der Waals surface area contributed by atoms with E-state index in [9.17, 15) is 14.5 Å². The molecule has 1 aromatic carbocycles. The molecule has 5 nitrogen and oxygen atoms in total. The maximum absolute atomic E-state index is 13.9. The number of nitro benzene ring substituents is 1. The zero-order chi connectivity index (χ0) is 17.5. The molecule has 0 aliphatic carbocycles. The van der Waals surface area contributed by atoms with Crippen LogP contribution < -0.4 is 10.2 Å². The fourth-order valence-corrected chi connectivity index (χ4v) is 3.47. The quantitative estimate of drug-likeness (QED) is 0.281. The van der Waals surface area contributed by atoms with Crippen molar-refractivity contribution in [2.24, 2.45) is 0 Å².